The van der Waals surface area contributed by atoms with Crippen molar-refractivity contribution in [1.82, 2.24) is 19.3 Å². The molecule has 1 N–H and O–H groups in total. The summed E-state index contributed by atoms with van der Waals surface area (Å²) in [6.07, 6.45) is 4.06. The van der Waals surface area contributed by atoms with Crippen LogP contribution in [0.15, 0.2) is 35.4 Å². The van der Waals surface area contributed by atoms with Crippen LogP contribution in [-0.2, 0) is 10.0 Å². The molecule has 3 heterocycles. The van der Waals surface area contributed by atoms with Gasteiger partial charge in [-0.1, -0.05) is 0 Å². The summed E-state index contributed by atoms with van der Waals surface area (Å²) in [5.74, 6) is 0.377. The van der Waals surface area contributed by atoms with Crippen LogP contribution >= 0.6 is 0 Å². The fourth-order valence-corrected chi connectivity index (χ4v) is 4.87. The molecule has 0 aromatic carbocycles. The van der Waals surface area contributed by atoms with E-state index < -0.39 is 29.4 Å². The van der Waals surface area contributed by atoms with E-state index in [0.29, 0.717) is 28.3 Å². The lowest BCUT2D eigenvalue weighted by molar-refractivity contribution is 0.323. The number of methoxy groups -OCH3 is 1. The predicted octanol–water partition coefficient (Wildman–Crippen LogP) is 3.29. The lowest BCUT2D eigenvalue weighted by Crippen LogP contribution is -2.37. The zero-order chi connectivity index (χ0) is 22.9. The standard InChI is InChI=1S/C21H21F2N5O3S/c1-31-19-8-7-18-20(26-19)16(11-24)21(28(18)14-3-2-4-14)17-6-5-15(12-25-17)32(29,30)27-13(9-22)10-23/h5-8,12-14,27H,2-4,9-10H2,1H3. The minimum absolute atomic E-state index is 0.173. The molecule has 1 fully saturated rings. The second-order valence-electron chi connectivity index (χ2n) is 7.52. The molecule has 11 heteroatoms. The van der Waals surface area contributed by atoms with Crippen molar-refractivity contribution in [2.45, 2.75) is 36.2 Å². The summed E-state index contributed by atoms with van der Waals surface area (Å²) >= 11 is 0. The van der Waals surface area contributed by atoms with E-state index in [-0.39, 0.29) is 10.9 Å². The number of hydrogen-bond acceptors (Lipinski definition) is 6. The average molecular weight is 461 g/mol. The fraction of sp³-hybridized carbons (Fsp3) is 0.381. The summed E-state index contributed by atoms with van der Waals surface area (Å²) in [4.78, 5) is 8.51. The number of sulfonamides is 1. The Labute approximate surface area is 183 Å². The number of aromatic nitrogens is 3. The van der Waals surface area contributed by atoms with Crippen LogP contribution in [0.3, 0.4) is 0 Å². The molecule has 168 valence electrons. The number of nitriles is 1. The highest BCUT2D eigenvalue weighted by Crippen LogP contribution is 2.42. The molecule has 32 heavy (non-hydrogen) atoms. The quantitative estimate of drug-likeness (QED) is 0.551. The van der Waals surface area contributed by atoms with Crippen LogP contribution in [0.1, 0.15) is 30.9 Å². The molecule has 3 aromatic heterocycles. The van der Waals surface area contributed by atoms with Crippen molar-refractivity contribution in [2.24, 2.45) is 0 Å². The maximum absolute atomic E-state index is 12.8. The Balaban J connectivity index is 1.82. The van der Waals surface area contributed by atoms with Crippen molar-refractivity contribution in [2.75, 3.05) is 20.5 Å². The lowest BCUT2D eigenvalue weighted by Gasteiger charge is -2.29. The second kappa shape index (κ2) is 8.80. The molecule has 0 saturated heterocycles. The van der Waals surface area contributed by atoms with E-state index in [1.54, 1.807) is 6.07 Å². The number of pyridine rings is 2. The molecule has 0 bridgehead atoms. The van der Waals surface area contributed by atoms with Crippen LogP contribution in [0.5, 0.6) is 5.88 Å². The number of nitrogens with zero attached hydrogens (tertiary/aromatic N) is 4. The normalized spacial score (nSPS) is 14.5. The van der Waals surface area contributed by atoms with Gasteiger partial charge in [0.25, 0.3) is 0 Å². The third-order valence-electron chi connectivity index (χ3n) is 5.57. The number of rotatable bonds is 8. The summed E-state index contributed by atoms with van der Waals surface area (Å²) in [5, 5.41) is 9.92. The first-order valence-corrected chi connectivity index (χ1v) is 11.5. The van der Waals surface area contributed by atoms with Gasteiger partial charge < -0.3 is 9.30 Å². The van der Waals surface area contributed by atoms with E-state index in [2.05, 4.69) is 16.0 Å². The number of nitrogens with one attached hydrogen (secondary N) is 1. The molecule has 0 aliphatic heterocycles. The van der Waals surface area contributed by atoms with Gasteiger partial charge in [0.1, 0.15) is 35.4 Å². The van der Waals surface area contributed by atoms with Gasteiger partial charge in [0.05, 0.1) is 30.1 Å². The van der Waals surface area contributed by atoms with Crippen LogP contribution in [0.2, 0.25) is 0 Å². The molecule has 0 amide bonds. The maximum atomic E-state index is 12.8. The van der Waals surface area contributed by atoms with Gasteiger partial charge >= 0.3 is 0 Å². The molecule has 1 aliphatic rings. The molecular weight excluding hydrogens is 440 g/mol. The van der Waals surface area contributed by atoms with Crippen molar-refractivity contribution < 1.29 is 21.9 Å². The van der Waals surface area contributed by atoms with Crippen molar-refractivity contribution >= 4 is 21.1 Å². The van der Waals surface area contributed by atoms with Crippen molar-refractivity contribution in [3.63, 3.8) is 0 Å². The Hall–Kier alpha value is -3.10. The highest BCUT2D eigenvalue weighted by atomic mass is 32.2. The number of ether oxygens (including phenoxy) is 1. The molecule has 3 aromatic rings. The van der Waals surface area contributed by atoms with Crippen LogP contribution in [0.4, 0.5) is 8.78 Å². The van der Waals surface area contributed by atoms with Crippen LogP contribution < -0.4 is 9.46 Å². The fourth-order valence-electron chi connectivity index (χ4n) is 3.73. The van der Waals surface area contributed by atoms with E-state index in [9.17, 15) is 22.5 Å². The molecular formula is C21H21F2N5O3S. The van der Waals surface area contributed by atoms with Crippen LogP contribution in [-0.4, -0.2) is 49.5 Å². The Morgan fingerprint density at radius 3 is 2.56 bits per heavy atom. The number of halogens is 2. The summed E-state index contributed by atoms with van der Waals surface area (Å²) in [5.41, 5.74) is 2.53. The Morgan fingerprint density at radius 1 is 1.28 bits per heavy atom. The zero-order valence-electron chi connectivity index (χ0n) is 17.3. The first-order valence-electron chi connectivity index (χ1n) is 10.0. The van der Waals surface area contributed by atoms with Gasteiger partial charge in [-0.05, 0) is 37.5 Å². The smallest absolute Gasteiger partial charge is 0.242 e. The minimum Gasteiger partial charge on any atom is -0.481 e. The first-order chi connectivity index (χ1) is 15.4. The largest absolute Gasteiger partial charge is 0.481 e. The molecule has 0 atom stereocenters. The van der Waals surface area contributed by atoms with Gasteiger partial charge in [-0.25, -0.2) is 26.9 Å². The summed E-state index contributed by atoms with van der Waals surface area (Å²) in [7, 11) is -2.65. The Bertz CT molecular complexity index is 1280. The van der Waals surface area contributed by atoms with Gasteiger partial charge in [0.2, 0.25) is 15.9 Å². The highest BCUT2D eigenvalue weighted by molar-refractivity contribution is 7.89. The van der Waals surface area contributed by atoms with Crippen molar-refractivity contribution in [3.8, 4) is 23.3 Å². The molecule has 1 saturated carbocycles. The number of alkyl halides is 2. The summed E-state index contributed by atoms with van der Waals surface area (Å²) in [6.45, 7) is -2.32. The van der Waals surface area contributed by atoms with E-state index in [0.717, 1.165) is 31.0 Å². The Kier molecular flexibility index (Phi) is 6.08. The van der Waals surface area contributed by atoms with E-state index >= 15 is 0 Å². The van der Waals surface area contributed by atoms with E-state index in [1.807, 2.05) is 15.4 Å². The second-order valence-corrected chi connectivity index (χ2v) is 9.23. The number of hydrogen-bond donors (Lipinski definition) is 1. The average Bonchev–Trinajstić information content (AvgIpc) is 3.09. The van der Waals surface area contributed by atoms with Gasteiger partial charge in [-0.15, -0.1) is 0 Å². The minimum atomic E-state index is -4.15. The third kappa shape index (κ3) is 3.80. The molecule has 4 rings (SSSR count). The predicted molar refractivity (Wildman–Crippen MR) is 113 cm³/mol. The van der Waals surface area contributed by atoms with Crippen molar-refractivity contribution in [3.05, 3.63) is 36.0 Å². The van der Waals surface area contributed by atoms with Gasteiger partial charge in [0.15, 0.2) is 0 Å². The van der Waals surface area contributed by atoms with Crippen LogP contribution in [0.25, 0.3) is 22.4 Å². The van der Waals surface area contributed by atoms with E-state index in [1.165, 1.54) is 19.2 Å². The summed E-state index contributed by atoms with van der Waals surface area (Å²) in [6, 6.07) is 7.28. The molecule has 0 radical (unpaired) electrons. The molecule has 0 unspecified atom stereocenters. The van der Waals surface area contributed by atoms with Gasteiger partial charge in [0, 0.05) is 18.3 Å². The third-order valence-corrected chi connectivity index (χ3v) is 7.07. The van der Waals surface area contributed by atoms with Gasteiger partial charge in [-0.2, -0.15) is 5.26 Å². The monoisotopic (exact) mass is 461 g/mol. The molecule has 1 aliphatic carbocycles. The number of fused-ring (bicyclic) bond motifs is 1. The summed E-state index contributed by atoms with van der Waals surface area (Å²) < 4.78 is 59.5. The topological polar surface area (TPSA) is 110 Å². The Morgan fingerprint density at radius 2 is 2.03 bits per heavy atom. The van der Waals surface area contributed by atoms with Gasteiger partial charge in [-0.3, -0.25) is 4.98 Å². The maximum Gasteiger partial charge on any atom is 0.242 e. The van der Waals surface area contributed by atoms with Crippen LogP contribution in [0, 0.1) is 11.3 Å². The lowest BCUT2D eigenvalue weighted by atomic mass is 9.92. The van der Waals surface area contributed by atoms with E-state index in [4.69, 9.17) is 4.74 Å². The molecule has 8 nitrogen and oxygen atoms in total. The molecule has 0 spiro atoms. The highest BCUT2D eigenvalue weighted by Gasteiger charge is 2.29. The van der Waals surface area contributed by atoms with Crippen molar-refractivity contribution in [1.29, 1.82) is 5.26 Å². The SMILES string of the molecule is COc1ccc2c(n1)c(C#N)c(-c1ccc(S(=O)(=O)NC(CF)CF)cn1)n2C1CCC1. The first kappa shape index (κ1) is 22.1. The zero-order valence-corrected chi connectivity index (χ0v) is 18.1.